The number of nitrogens with zero attached hydrogens (tertiary/aromatic N) is 2. The molecule has 0 aliphatic heterocycles. The number of hydrogen-bond acceptors (Lipinski definition) is 4. The normalized spacial score (nSPS) is 11.0. The standard InChI is InChI=1S/C13H14N2O3S/c1-2-18-11-7-14-15(8-11)9-12-10(5-6-19-12)3-4-13(16)17/h3-8H,2,9H2,1H3,(H,16,17)/b4-3+. The molecule has 2 rings (SSSR count). The molecule has 2 aromatic rings. The lowest BCUT2D eigenvalue weighted by molar-refractivity contribution is -0.131. The Morgan fingerprint density at radius 3 is 3.21 bits per heavy atom. The molecule has 0 saturated heterocycles. The highest BCUT2D eigenvalue weighted by Gasteiger charge is 2.05. The Hall–Kier alpha value is -2.08. The van der Waals surface area contributed by atoms with E-state index in [2.05, 4.69) is 5.10 Å². The highest BCUT2D eigenvalue weighted by atomic mass is 32.1. The summed E-state index contributed by atoms with van der Waals surface area (Å²) in [5, 5.41) is 14.8. The smallest absolute Gasteiger partial charge is 0.328 e. The first-order valence-corrected chi connectivity index (χ1v) is 6.69. The lowest BCUT2D eigenvalue weighted by Gasteiger charge is -2.00. The van der Waals surface area contributed by atoms with Crippen LogP contribution in [0.5, 0.6) is 5.75 Å². The monoisotopic (exact) mass is 278 g/mol. The van der Waals surface area contributed by atoms with Crippen molar-refractivity contribution in [2.24, 2.45) is 0 Å². The van der Waals surface area contributed by atoms with Gasteiger partial charge in [-0.1, -0.05) is 0 Å². The van der Waals surface area contributed by atoms with E-state index in [1.54, 1.807) is 28.3 Å². The molecule has 0 amide bonds. The first-order chi connectivity index (χ1) is 9.19. The number of carboxylic acid groups (broad SMARTS) is 1. The molecule has 0 radical (unpaired) electrons. The Labute approximate surface area is 114 Å². The summed E-state index contributed by atoms with van der Waals surface area (Å²) in [6.45, 7) is 3.13. The number of hydrogen-bond donors (Lipinski definition) is 1. The second-order valence-electron chi connectivity index (χ2n) is 3.78. The number of rotatable bonds is 6. The Bertz CT molecular complexity index is 586. The van der Waals surface area contributed by atoms with Crippen LogP contribution in [0.1, 0.15) is 17.4 Å². The van der Waals surface area contributed by atoms with Crippen LogP contribution in [0.4, 0.5) is 0 Å². The predicted molar refractivity (Wildman–Crippen MR) is 73.5 cm³/mol. The van der Waals surface area contributed by atoms with Crippen molar-refractivity contribution >= 4 is 23.4 Å². The van der Waals surface area contributed by atoms with Crippen LogP contribution < -0.4 is 4.74 Å². The van der Waals surface area contributed by atoms with Crippen LogP contribution in [0.2, 0.25) is 0 Å². The average molecular weight is 278 g/mol. The van der Waals surface area contributed by atoms with Crippen LogP contribution in [-0.2, 0) is 11.3 Å². The summed E-state index contributed by atoms with van der Waals surface area (Å²) in [6.07, 6.45) is 6.24. The second-order valence-corrected chi connectivity index (χ2v) is 4.78. The molecule has 1 N–H and O–H groups in total. The average Bonchev–Trinajstić information content (AvgIpc) is 2.97. The van der Waals surface area contributed by atoms with E-state index in [1.165, 1.54) is 0 Å². The van der Waals surface area contributed by atoms with Crippen LogP contribution in [0, 0.1) is 0 Å². The van der Waals surface area contributed by atoms with Crippen molar-refractivity contribution in [2.75, 3.05) is 6.61 Å². The van der Waals surface area contributed by atoms with Gasteiger partial charge in [0.1, 0.15) is 0 Å². The Balaban J connectivity index is 2.10. The molecule has 0 bridgehead atoms. The fourth-order valence-corrected chi connectivity index (χ4v) is 2.47. The zero-order valence-corrected chi connectivity index (χ0v) is 11.3. The molecule has 0 aromatic carbocycles. The zero-order chi connectivity index (χ0) is 13.7. The van der Waals surface area contributed by atoms with Gasteiger partial charge in [0.2, 0.25) is 0 Å². The number of aromatic nitrogens is 2. The summed E-state index contributed by atoms with van der Waals surface area (Å²) in [7, 11) is 0. The zero-order valence-electron chi connectivity index (χ0n) is 10.4. The molecule has 0 aliphatic carbocycles. The lowest BCUT2D eigenvalue weighted by Crippen LogP contribution is -1.99. The van der Waals surface area contributed by atoms with E-state index in [0.29, 0.717) is 13.2 Å². The fraction of sp³-hybridized carbons (Fsp3) is 0.231. The topological polar surface area (TPSA) is 64.4 Å². The third-order valence-electron chi connectivity index (χ3n) is 2.41. The molecular weight excluding hydrogens is 264 g/mol. The van der Waals surface area contributed by atoms with Gasteiger partial charge in [-0.05, 0) is 30.0 Å². The number of carboxylic acids is 1. The molecular formula is C13H14N2O3S. The Morgan fingerprint density at radius 2 is 2.47 bits per heavy atom. The van der Waals surface area contributed by atoms with Crippen molar-refractivity contribution < 1.29 is 14.6 Å². The minimum absolute atomic E-state index is 0.601. The Morgan fingerprint density at radius 1 is 1.63 bits per heavy atom. The van der Waals surface area contributed by atoms with Crippen LogP contribution in [0.25, 0.3) is 6.08 Å². The van der Waals surface area contributed by atoms with E-state index in [0.717, 1.165) is 22.3 Å². The maximum atomic E-state index is 10.5. The largest absolute Gasteiger partial charge is 0.491 e. The molecule has 19 heavy (non-hydrogen) atoms. The molecule has 0 spiro atoms. The molecule has 2 aromatic heterocycles. The van der Waals surface area contributed by atoms with Crippen molar-refractivity contribution in [3.63, 3.8) is 0 Å². The van der Waals surface area contributed by atoms with Gasteiger partial charge < -0.3 is 9.84 Å². The molecule has 0 unspecified atom stereocenters. The molecule has 0 saturated carbocycles. The van der Waals surface area contributed by atoms with Crippen molar-refractivity contribution in [1.82, 2.24) is 9.78 Å². The summed E-state index contributed by atoms with van der Waals surface area (Å²) in [4.78, 5) is 11.6. The van der Waals surface area contributed by atoms with Crippen LogP contribution in [-0.4, -0.2) is 27.5 Å². The number of ether oxygens (including phenoxy) is 1. The number of carbonyl (C=O) groups is 1. The van der Waals surface area contributed by atoms with Gasteiger partial charge in [-0.15, -0.1) is 11.3 Å². The van der Waals surface area contributed by atoms with E-state index in [-0.39, 0.29) is 0 Å². The van der Waals surface area contributed by atoms with E-state index < -0.39 is 5.97 Å². The van der Waals surface area contributed by atoms with Gasteiger partial charge in [-0.2, -0.15) is 5.10 Å². The fourth-order valence-electron chi connectivity index (χ4n) is 1.61. The van der Waals surface area contributed by atoms with Gasteiger partial charge in [0.15, 0.2) is 5.75 Å². The van der Waals surface area contributed by atoms with Gasteiger partial charge >= 0.3 is 5.97 Å². The lowest BCUT2D eigenvalue weighted by atomic mass is 10.2. The highest BCUT2D eigenvalue weighted by Crippen LogP contribution is 2.20. The van der Waals surface area contributed by atoms with E-state index in [1.807, 2.05) is 24.6 Å². The predicted octanol–water partition coefficient (Wildman–Crippen LogP) is 2.49. The minimum atomic E-state index is -0.949. The second kappa shape index (κ2) is 6.19. The highest BCUT2D eigenvalue weighted by molar-refractivity contribution is 7.10. The first-order valence-electron chi connectivity index (χ1n) is 5.81. The Kier molecular flexibility index (Phi) is 4.35. The molecule has 0 fully saturated rings. The molecule has 100 valence electrons. The summed E-state index contributed by atoms with van der Waals surface area (Å²) in [5.74, 6) is -0.212. The summed E-state index contributed by atoms with van der Waals surface area (Å²) < 4.78 is 7.12. The molecule has 2 heterocycles. The number of thiophene rings is 1. The quantitative estimate of drug-likeness (QED) is 0.824. The van der Waals surface area contributed by atoms with E-state index >= 15 is 0 Å². The first kappa shape index (κ1) is 13.4. The maximum Gasteiger partial charge on any atom is 0.328 e. The molecule has 5 nitrogen and oxygen atoms in total. The molecule has 6 heteroatoms. The summed E-state index contributed by atoms with van der Waals surface area (Å²) in [6, 6.07) is 1.90. The van der Waals surface area contributed by atoms with Crippen LogP contribution in [0.3, 0.4) is 0 Å². The van der Waals surface area contributed by atoms with Gasteiger partial charge in [0.25, 0.3) is 0 Å². The van der Waals surface area contributed by atoms with Crippen LogP contribution in [0.15, 0.2) is 29.9 Å². The number of aliphatic carboxylic acids is 1. The summed E-state index contributed by atoms with van der Waals surface area (Å²) in [5.41, 5.74) is 0.904. The van der Waals surface area contributed by atoms with Gasteiger partial charge in [0, 0.05) is 11.0 Å². The SMILES string of the molecule is CCOc1cnn(Cc2sccc2/C=C/C(=O)O)c1. The van der Waals surface area contributed by atoms with Gasteiger partial charge in [0.05, 0.1) is 25.5 Å². The van der Waals surface area contributed by atoms with Crippen molar-refractivity contribution in [3.05, 3.63) is 40.4 Å². The molecule has 0 aliphatic rings. The third kappa shape index (κ3) is 3.69. The van der Waals surface area contributed by atoms with Gasteiger partial charge in [-0.25, -0.2) is 4.79 Å². The van der Waals surface area contributed by atoms with E-state index in [9.17, 15) is 4.79 Å². The van der Waals surface area contributed by atoms with Crippen molar-refractivity contribution in [2.45, 2.75) is 13.5 Å². The van der Waals surface area contributed by atoms with Crippen LogP contribution >= 0.6 is 11.3 Å². The minimum Gasteiger partial charge on any atom is -0.491 e. The van der Waals surface area contributed by atoms with Gasteiger partial charge in [-0.3, -0.25) is 4.68 Å². The molecule has 0 atom stereocenters. The summed E-state index contributed by atoms with van der Waals surface area (Å²) >= 11 is 1.57. The van der Waals surface area contributed by atoms with Crippen molar-refractivity contribution in [1.29, 1.82) is 0 Å². The van der Waals surface area contributed by atoms with Crippen molar-refractivity contribution in [3.8, 4) is 5.75 Å². The third-order valence-corrected chi connectivity index (χ3v) is 3.33. The van der Waals surface area contributed by atoms with E-state index in [4.69, 9.17) is 9.84 Å². The maximum absolute atomic E-state index is 10.5.